The highest BCUT2D eigenvalue weighted by atomic mass is 35.5. The second kappa shape index (κ2) is 3.61. The van der Waals surface area contributed by atoms with Gasteiger partial charge in [0.1, 0.15) is 0 Å². The van der Waals surface area contributed by atoms with Crippen molar-refractivity contribution >= 4 is 11.6 Å². The largest absolute Gasteiger partial charge is 0.290 e. The first-order valence-corrected chi connectivity index (χ1v) is 6.27. The van der Waals surface area contributed by atoms with Gasteiger partial charge in [-0.2, -0.15) is 0 Å². The summed E-state index contributed by atoms with van der Waals surface area (Å²) in [5.74, 6) is 0. The smallest absolute Gasteiger partial charge is 0.0660 e. The van der Waals surface area contributed by atoms with Crippen LogP contribution < -0.4 is 0 Å². The van der Waals surface area contributed by atoms with Crippen molar-refractivity contribution in [1.29, 1.82) is 0 Å². The van der Waals surface area contributed by atoms with Gasteiger partial charge in [0.2, 0.25) is 0 Å². The summed E-state index contributed by atoms with van der Waals surface area (Å²) in [5, 5.41) is 0.890. The molecule has 3 rings (SSSR count). The minimum absolute atomic E-state index is 0.0568. The van der Waals surface area contributed by atoms with E-state index in [0.29, 0.717) is 6.04 Å². The Hall–Kier alpha value is -0.790. The monoisotopic (exact) mass is 233 g/mol. The van der Waals surface area contributed by atoms with Gasteiger partial charge in [-0.15, -0.1) is 0 Å². The number of likely N-dealkylation sites (N-methyl/N-ethyl adjacent to an activating group) is 1. The molecule has 2 aliphatic rings. The molecule has 2 bridgehead atoms. The third kappa shape index (κ3) is 1.28. The molecule has 1 aromatic carbocycles. The Morgan fingerprint density at radius 1 is 1.38 bits per heavy atom. The number of rotatable bonds is 1. The van der Waals surface area contributed by atoms with E-state index in [1.807, 2.05) is 12.1 Å². The van der Waals surface area contributed by atoms with E-state index < -0.39 is 0 Å². The molecule has 1 nitrogen and oxygen atoms in total. The molecule has 0 saturated carbocycles. The topological polar surface area (TPSA) is 3.24 Å². The van der Waals surface area contributed by atoms with E-state index in [4.69, 9.17) is 11.6 Å². The standard InChI is InChI=1S/C14H16ClN/c1-16-11-5-4-9-14(16,10-8-11)12-6-2-3-7-13(12)15/h2-4,6-7,9,11H,5,8,10H2,1H3. The molecule has 2 atom stereocenters. The van der Waals surface area contributed by atoms with Crippen LogP contribution in [0.3, 0.4) is 0 Å². The van der Waals surface area contributed by atoms with E-state index in [2.05, 4.69) is 36.2 Å². The Labute approximate surface area is 102 Å². The van der Waals surface area contributed by atoms with Crippen molar-refractivity contribution in [2.24, 2.45) is 0 Å². The maximum absolute atomic E-state index is 6.35. The number of benzene rings is 1. The van der Waals surface area contributed by atoms with Crippen LogP contribution in [-0.2, 0) is 5.54 Å². The summed E-state index contributed by atoms with van der Waals surface area (Å²) in [5.41, 5.74) is 1.32. The van der Waals surface area contributed by atoms with Gasteiger partial charge in [-0.1, -0.05) is 42.0 Å². The maximum Gasteiger partial charge on any atom is 0.0660 e. The highest BCUT2D eigenvalue weighted by Gasteiger charge is 2.45. The SMILES string of the molecule is CN1C2CC=CC1(c1ccccc1Cl)CC2. The number of nitrogens with zero attached hydrogens (tertiary/aromatic N) is 1. The van der Waals surface area contributed by atoms with Crippen molar-refractivity contribution in [3.63, 3.8) is 0 Å². The molecule has 0 radical (unpaired) electrons. The molecule has 0 aromatic heterocycles. The minimum Gasteiger partial charge on any atom is -0.290 e. The molecule has 1 aromatic rings. The summed E-state index contributed by atoms with van der Waals surface area (Å²) in [6.07, 6.45) is 8.31. The number of fused-ring (bicyclic) bond motifs is 2. The van der Waals surface area contributed by atoms with Gasteiger partial charge in [0.15, 0.2) is 0 Å². The van der Waals surface area contributed by atoms with Gasteiger partial charge in [-0.3, -0.25) is 4.90 Å². The molecule has 1 fully saturated rings. The first-order valence-electron chi connectivity index (χ1n) is 5.90. The Bertz CT molecular complexity index is 440. The van der Waals surface area contributed by atoms with Crippen LogP contribution in [0.4, 0.5) is 0 Å². The van der Waals surface area contributed by atoms with Crippen molar-refractivity contribution in [3.05, 3.63) is 47.0 Å². The lowest BCUT2D eigenvalue weighted by Gasteiger charge is -2.39. The van der Waals surface area contributed by atoms with Gasteiger partial charge in [-0.05, 0) is 37.9 Å². The van der Waals surface area contributed by atoms with Gasteiger partial charge >= 0.3 is 0 Å². The predicted octanol–water partition coefficient (Wildman–Crippen LogP) is 3.59. The van der Waals surface area contributed by atoms with Crippen LogP contribution in [0.15, 0.2) is 36.4 Å². The lowest BCUT2D eigenvalue weighted by molar-refractivity contribution is 0.168. The summed E-state index contributed by atoms with van der Waals surface area (Å²) < 4.78 is 0. The Balaban J connectivity index is 2.15. The summed E-state index contributed by atoms with van der Waals surface area (Å²) in [6.45, 7) is 0. The minimum atomic E-state index is 0.0568. The van der Waals surface area contributed by atoms with E-state index in [-0.39, 0.29) is 5.54 Å². The van der Waals surface area contributed by atoms with Crippen molar-refractivity contribution in [2.75, 3.05) is 7.05 Å². The van der Waals surface area contributed by atoms with E-state index in [9.17, 15) is 0 Å². The van der Waals surface area contributed by atoms with Gasteiger partial charge in [-0.25, -0.2) is 0 Å². The van der Waals surface area contributed by atoms with Crippen LogP contribution in [0.2, 0.25) is 5.02 Å². The predicted molar refractivity (Wildman–Crippen MR) is 67.7 cm³/mol. The van der Waals surface area contributed by atoms with E-state index in [0.717, 1.165) is 5.02 Å². The number of hydrogen-bond acceptors (Lipinski definition) is 1. The Morgan fingerprint density at radius 3 is 3.00 bits per heavy atom. The highest BCUT2D eigenvalue weighted by Crippen LogP contribution is 2.47. The van der Waals surface area contributed by atoms with Crippen molar-refractivity contribution < 1.29 is 0 Å². The third-order valence-corrected chi connectivity index (χ3v) is 4.51. The molecule has 0 spiro atoms. The first-order chi connectivity index (χ1) is 7.74. The average Bonchev–Trinajstić information content (AvgIpc) is 2.52. The second-order valence-electron chi connectivity index (χ2n) is 4.85. The van der Waals surface area contributed by atoms with Crippen LogP contribution in [-0.4, -0.2) is 18.0 Å². The fourth-order valence-electron chi connectivity index (χ4n) is 3.21. The zero-order valence-corrected chi connectivity index (χ0v) is 10.2. The molecule has 1 saturated heterocycles. The van der Waals surface area contributed by atoms with Gasteiger partial charge in [0, 0.05) is 11.1 Å². The molecular formula is C14H16ClN. The van der Waals surface area contributed by atoms with Crippen LogP contribution in [0.25, 0.3) is 0 Å². The highest BCUT2D eigenvalue weighted by molar-refractivity contribution is 6.31. The van der Waals surface area contributed by atoms with E-state index in [1.165, 1.54) is 24.8 Å². The molecule has 2 heteroatoms. The normalized spacial score (nSPS) is 33.2. The van der Waals surface area contributed by atoms with Crippen LogP contribution in [0.1, 0.15) is 24.8 Å². The zero-order chi connectivity index (χ0) is 11.2. The van der Waals surface area contributed by atoms with Gasteiger partial charge < -0.3 is 0 Å². The molecule has 84 valence electrons. The van der Waals surface area contributed by atoms with E-state index >= 15 is 0 Å². The fourth-order valence-corrected chi connectivity index (χ4v) is 3.51. The molecule has 16 heavy (non-hydrogen) atoms. The van der Waals surface area contributed by atoms with E-state index in [1.54, 1.807) is 0 Å². The molecule has 0 aliphatic carbocycles. The summed E-state index contributed by atoms with van der Waals surface area (Å²) in [4.78, 5) is 2.49. The van der Waals surface area contributed by atoms with Crippen LogP contribution in [0.5, 0.6) is 0 Å². The first kappa shape index (κ1) is 10.4. The quantitative estimate of drug-likeness (QED) is 0.670. The maximum atomic E-state index is 6.35. The van der Waals surface area contributed by atoms with Gasteiger partial charge in [0.25, 0.3) is 0 Å². The molecular weight excluding hydrogens is 218 g/mol. The Kier molecular flexibility index (Phi) is 2.34. The van der Waals surface area contributed by atoms with Crippen molar-refractivity contribution in [2.45, 2.75) is 30.8 Å². The molecule has 2 aliphatic heterocycles. The Morgan fingerprint density at radius 2 is 2.19 bits per heavy atom. The second-order valence-corrected chi connectivity index (χ2v) is 5.25. The lowest BCUT2D eigenvalue weighted by atomic mass is 9.86. The van der Waals surface area contributed by atoms with Crippen LogP contribution >= 0.6 is 11.6 Å². The average molecular weight is 234 g/mol. The number of halogens is 1. The van der Waals surface area contributed by atoms with Gasteiger partial charge in [0.05, 0.1) is 5.54 Å². The zero-order valence-electron chi connectivity index (χ0n) is 9.49. The third-order valence-electron chi connectivity index (χ3n) is 4.18. The summed E-state index contributed by atoms with van der Waals surface area (Å²) in [6, 6.07) is 8.94. The summed E-state index contributed by atoms with van der Waals surface area (Å²) >= 11 is 6.35. The van der Waals surface area contributed by atoms with Crippen LogP contribution in [0, 0.1) is 0 Å². The molecule has 0 amide bonds. The molecule has 2 unspecified atom stereocenters. The molecule has 0 N–H and O–H groups in total. The molecule has 2 heterocycles. The summed E-state index contributed by atoms with van der Waals surface area (Å²) in [7, 11) is 2.23. The fraction of sp³-hybridized carbons (Fsp3) is 0.429. The van der Waals surface area contributed by atoms with Crippen molar-refractivity contribution in [3.8, 4) is 0 Å². The number of hydrogen-bond donors (Lipinski definition) is 0. The van der Waals surface area contributed by atoms with Crippen molar-refractivity contribution in [1.82, 2.24) is 4.90 Å². The lowest BCUT2D eigenvalue weighted by Crippen LogP contribution is -2.43.